The van der Waals surface area contributed by atoms with Gasteiger partial charge in [0, 0.05) is 23.0 Å². The molecule has 3 aromatic rings. The monoisotopic (exact) mass is 496 g/mol. The van der Waals surface area contributed by atoms with Crippen LogP contribution < -0.4 is 4.74 Å². The number of aromatic nitrogens is 3. The number of fused-ring (bicyclic) bond motifs is 1. The molecule has 2 N–H and O–H groups in total. The highest BCUT2D eigenvalue weighted by molar-refractivity contribution is 7.99. The van der Waals surface area contributed by atoms with E-state index in [4.69, 9.17) is 4.74 Å². The lowest BCUT2D eigenvalue weighted by Gasteiger charge is -2.37. The topological polar surface area (TPSA) is 109 Å². The molecule has 1 saturated heterocycles. The summed E-state index contributed by atoms with van der Waals surface area (Å²) in [4.78, 5) is 19.8. The summed E-state index contributed by atoms with van der Waals surface area (Å²) >= 11 is 1.74. The molecule has 3 atom stereocenters. The van der Waals surface area contributed by atoms with Crippen molar-refractivity contribution in [3.63, 3.8) is 0 Å². The summed E-state index contributed by atoms with van der Waals surface area (Å²) < 4.78 is 5.33. The zero-order valence-corrected chi connectivity index (χ0v) is 20.7. The van der Waals surface area contributed by atoms with Crippen LogP contribution >= 0.6 is 11.8 Å². The van der Waals surface area contributed by atoms with Crippen LogP contribution in [0.3, 0.4) is 0 Å². The lowest BCUT2D eigenvalue weighted by molar-refractivity contribution is -0.146. The van der Waals surface area contributed by atoms with Crippen molar-refractivity contribution in [1.29, 1.82) is 0 Å². The molecule has 0 amide bonds. The lowest BCUT2D eigenvalue weighted by Crippen LogP contribution is -2.44. The number of aliphatic carboxylic acids is 1. The van der Waals surface area contributed by atoms with Crippen LogP contribution in [0.1, 0.15) is 37.4 Å². The van der Waals surface area contributed by atoms with Crippen molar-refractivity contribution >= 4 is 28.6 Å². The summed E-state index contributed by atoms with van der Waals surface area (Å²) in [5, 5.41) is 29.4. The Morgan fingerprint density at radius 1 is 1.26 bits per heavy atom. The standard InChI is InChI=1S/C26H32N4O4S/c1-34-19-4-5-24-22(15-19)21(8-10-27-24)25(31)6-3-18-9-13-30(17-23(18)26(32)33)12-2-14-35-20-7-11-28-29-16-20/h4-5,7-8,10-11,15-16,18,23,25,31H,2-3,6,9,12-14,17H2,1H3,(H,32,33)/t18-,23+,25-/m1/s1. The van der Waals surface area contributed by atoms with Crippen molar-refractivity contribution in [1.82, 2.24) is 20.1 Å². The van der Waals surface area contributed by atoms with Gasteiger partial charge >= 0.3 is 5.97 Å². The number of benzene rings is 1. The van der Waals surface area contributed by atoms with Gasteiger partial charge in [-0.25, -0.2) is 0 Å². The molecular formula is C26H32N4O4S. The maximum Gasteiger partial charge on any atom is 0.308 e. The zero-order valence-electron chi connectivity index (χ0n) is 19.9. The molecule has 0 saturated carbocycles. The predicted octanol–water partition coefficient (Wildman–Crippen LogP) is 4.05. The van der Waals surface area contributed by atoms with E-state index in [0.29, 0.717) is 25.1 Å². The summed E-state index contributed by atoms with van der Waals surface area (Å²) in [7, 11) is 1.61. The molecule has 1 aliphatic heterocycles. The number of ether oxygens (including phenoxy) is 1. The van der Waals surface area contributed by atoms with Gasteiger partial charge in [-0.3, -0.25) is 9.78 Å². The summed E-state index contributed by atoms with van der Waals surface area (Å²) in [5.41, 5.74) is 1.61. The van der Waals surface area contributed by atoms with Gasteiger partial charge in [-0.1, -0.05) is 0 Å². The Hall–Kier alpha value is -2.75. The molecule has 0 radical (unpaired) electrons. The van der Waals surface area contributed by atoms with E-state index in [0.717, 1.165) is 53.0 Å². The van der Waals surface area contributed by atoms with Crippen LogP contribution in [0.15, 0.2) is 53.8 Å². The molecule has 4 rings (SSSR count). The third-order valence-electron chi connectivity index (χ3n) is 6.75. The first kappa shape index (κ1) is 25.3. The second-order valence-electron chi connectivity index (χ2n) is 8.95. The summed E-state index contributed by atoms with van der Waals surface area (Å²) in [6, 6.07) is 9.41. The van der Waals surface area contributed by atoms with E-state index in [-0.39, 0.29) is 5.92 Å². The number of thioether (sulfide) groups is 1. The van der Waals surface area contributed by atoms with Crippen LogP contribution in [0.5, 0.6) is 5.75 Å². The molecule has 0 spiro atoms. The minimum absolute atomic E-state index is 0.0540. The number of nitrogens with zero attached hydrogens (tertiary/aromatic N) is 4. The van der Waals surface area contributed by atoms with Crippen LogP contribution in [-0.4, -0.2) is 68.8 Å². The van der Waals surface area contributed by atoms with E-state index in [1.54, 1.807) is 37.5 Å². The van der Waals surface area contributed by atoms with E-state index in [1.807, 2.05) is 30.3 Å². The van der Waals surface area contributed by atoms with E-state index < -0.39 is 18.0 Å². The maximum absolute atomic E-state index is 12.1. The molecule has 186 valence electrons. The number of aliphatic hydroxyl groups is 1. The molecule has 0 bridgehead atoms. The third-order valence-corrected chi connectivity index (χ3v) is 7.82. The van der Waals surface area contributed by atoms with E-state index >= 15 is 0 Å². The first-order valence-electron chi connectivity index (χ1n) is 12.0. The number of hydrogen-bond acceptors (Lipinski definition) is 8. The minimum atomic E-state index is -0.745. The van der Waals surface area contributed by atoms with E-state index in [2.05, 4.69) is 20.1 Å². The fourth-order valence-corrected chi connectivity index (χ4v) is 5.62. The molecule has 35 heavy (non-hydrogen) atoms. The van der Waals surface area contributed by atoms with Crippen LogP contribution in [-0.2, 0) is 4.79 Å². The first-order valence-corrected chi connectivity index (χ1v) is 13.0. The number of hydrogen-bond donors (Lipinski definition) is 2. The van der Waals surface area contributed by atoms with Gasteiger partial charge in [0.1, 0.15) is 5.75 Å². The Morgan fingerprint density at radius 2 is 2.14 bits per heavy atom. The smallest absolute Gasteiger partial charge is 0.308 e. The average Bonchev–Trinajstić information content (AvgIpc) is 2.89. The third kappa shape index (κ3) is 6.68. The molecule has 8 nitrogen and oxygen atoms in total. The molecule has 1 fully saturated rings. The molecule has 3 heterocycles. The van der Waals surface area contributed by atoms with Gasteiger partial charge in [-0.2, -0.15) is 10.2 Å². The van der Waals surface area contributed by atoms with Gasteiger partial charge in [0.05, 0.1) is 37.0 Å². The van der Waals surface area contributed by atoms with Crippen molar-refractivity contribution < 1.29 is 19.7 Å². The van der Waals surface area contributed by atoms with Gasteiger partial charge in [0.25, 0.3) is 0 Å². The number of piperidine rings is 1. The quantitative estimate of drug-likeness (QED) is 0.300. The molecule has 2 aromatic heterocycles. The lowest BCUT2D eigenvalue weighted by atomic mass is 9.81. The number of pyridine rings is 1. The van der Waals surface area contributed by atoms with E-state index in [1.165, 1.54) is 0 Å². The Kier molecular flexibility index (Phi) is 8.90. The zero-order chi connectivity index (χ0) is 24.6. The second-order valence-corrected chi connectivity index (χ2v) is 10.1. The van der Waals surface area contributed by atoms with Gasteiger partial charge < -0.3 is 19.8 Å². The highest BCUT2D eigenvalue weighted by Gasteiger charge is 2.34. The molecular weight excluding hydrogens is 464 g/mol. The molecule has 1 aromatic carbocycles. The van der Waals surface area contributed by atoms with Crippen LogP contribution in [0.4, 0.5) is 0 Å². The van der Waals surface area contributed by atoms with Crippen LogP contribution in [0, 0.1) is 11.8 Å². The predicted molar refractivity (Wildman–Crippen MR) is 136 cm³/mol. The Bertz CT molecular complexity index is 1120. The average molecular weight is 497 g/mol. The normalized spacial score (nSPS) is 19.5. The van der Waals surface area contributed by atoms with Gasteiger partial charge in [0.2, 0.25) is 0 Å². The highest BCUT2D eigenvalue weighted by Crippen LogP contribution is 2.34. The molecule has 9 heteroatoms. The van der Waals surface area contributed by atoms with Crippen molar-refractivity contribution in [2.24, 2.45) is 11.8 Å². The van der Waals surface area contributed by atoms with Gasteiger partial charge in [-0.05, 0) is 86.3 Å². The summed E-state index contributed by atoms with van der Waals surface area (Å²) in [6.07, 6.45) is 7.48. The number of carboxylic acids is 1. The first-order chi connectivity index (χ1) is 17.0. The molecule has 0 aliphatic carbocycles. The number of methoxy groups -OCH3 is 1. The van der Waals surface area contributed by atoms with E-state index in [9.17, 15) is 15.0 Å². The van der Waals surface area contributed by atoms with Crippen molar-refractivity contribution in [2.75, 3.05) is 32.5 Å². The molecule has 0 unspecified atom stereocenters. The van der Waals surface area contributed by atoms with Crippen molar-refractivity contribution in [2.45, 2.75) is 36.7 Å². The number of carbonyl (C=O) groups is 1. The Labute approximate surface area is 209 Å². The van der Waals surface area contributed by atoms with Gasteiger partial charge in [-0.15, -0.1) is 11.8 Å². The SMILES string of the molecule is COc1ccc2nccc([C@H](O)CC[C@@H]3CCN(CCCSc4ccnnc4)C[C@@H]3C(=O)O)c2c1. The highest BCUT2D eigenvalue weighted by atomic mass is 32.2. The number of carboxylic acid groups (broad SMARTS) is 1. The second kappa shape index (κ2) is 12.3. The fourth-order valence-electron chi connectivity index (χ4n) is 4.83. The van der Waals surface area contributed by atoms with Crippen LogP contribution in [0.2, 0.25) is 0 Å². The summed E-state index contributed by atoms with van der Waals surface area (Å²) in [6.45, 7) is 2.34. The number of aliphatic hydroxyl groups excluding tert-OH is 1. The summed E-state index contributed by atoms with van der Waals surface area (Å²) in [5.74, 6) is 0.569. The Balaban J connectivity index is 1.30. The number of rotatable bonds is 11. The minimum Gasteiger partial charge on any atom is -0.497 e. The Morgan fingerprint density at radius 3 is 2.91 bits per heavy atom. The number of likely N-dealkylation sites (tertiary alicyclic amines) is 1. The maximum atomic E-state index is 12.1. The van der Waals surface area contributed by atoms with Crippen molar-refractivity contribution in [3.8, 4) is 5.75 Å². The fraction of sp³-hybridized carbons (Fsp3) is 0.462. The largest absolute Gasteiger partial charge is 0.497 e. The van der Waals surface area contributed by atoms with Gasteiger partial charge in [0.15, 0.2) is 0 Å². The van der Waals surface area contributed by atoms with Crippen molar-refractivity contribution in [3.05, 3.63) is 54.5 Å². The van der Waals surface area contributed by atoms with Crippen LogP contribution in [0.25, 0.3) is 10.9 Å². The molecule has 1 aliphatic rings.